The highest BCUT2D eigenvalue weighted by Gasteiger charge is 2.08. The summed E-state index contributed by atoms with van der Waals surface area (Å²) in [7, 11) is 0. The van der Waals surface area contributed by atoms with Gasteiger partial charge in [0.2, 0.25) is 5.91 Å². The van der Waals surface area contributed by atoms with Crippen molar-refractivity contribution < 1.29 is 4.79 Å². The van der Waals surface area contributed by atoms with Crippen LogP contribution < -0.4 is 10.6 Å². The highest BCUT2D eigenvalue weighted by molar-refractivity contribution is 5.81. The molecule has 7 nitrogen and oxygen atoms in total. The Balaban J connectivity index is 2.29. The Bertz CT molecular complexity index is 453. The molecule has 130 valence electrons. The number of carbonyl (C=O) groups excluding carboxylic acids is 1. The second kappa shape index (κ2) is 11.5. The number of aliphatic imine (C=N–C) groups is 1. The minimum absolute atomic E-state index is 0.179. The molecule has 23 heavy (non-hydrogen) atoms. The molecule has 1 rings (SSSR count). The predicted molar refractivity (Wildman–Crippen MR) is 93.4 cm³/mol. The van der Waals surface area contributed by atoms with Gasteiger partial charge in [0.25, 0.3) is 0 Å². The highest BCUT2D eigenvalue weighted by Crippen LogP contribution is 1.93. The van der Waals surface area contributed by atoms with Crippen LogP contribution in [0.15, 0.2) is 23.7 Å². The van der Waals surface area contributed by atoms with Crippen LogP contribution >= 0.6 is 0 Å². The van der Waals surface area contributed by atoms with E-state index >= 15 is 0 Å². The smallest absolute Gasteiger partial charge is 0.224 e. The van der Waals surface area contributed by atoms with E-state index in [9.17, 15) is 4.79 Å². The molecule has 0 unspecified atom stereocenters. The van der Waals surface area contributed by atoms with Crippen LogP contribution in [0.2, 0.25) is 0 Å². The van der Waals surface area contributed by atoms with Gasteiger partial charge in [-0.25, -0.2) is 4.98 Å². The monoisotopic (exact) mass is 322 g/mol. The number of carbonyl (C=O) groups is 1. The standard InChI is InChI=1S/C16H30N6O/c1-4-18-16(19-9-7-12-21-13-11-17-14-21)20-10-8-15(23)22(5-2)6-3/h11,13-14H,4-10,12H2,1-3H3,(H2,18,19,20). The second-order valence-electron chi connectivity index (χ2n) is 5.16. The predicted octanol–water partition coefficient (Wildman–Crippen LogP) is 1.09. The Labute approximate surface area is 139 Å². The van der Waals surface area contributed by atoms with E-state index in [1.165, 1.54) is 0 Å². The van der Waals surface area contributed by atoms with Crippen molar-refractivity contribution >= 4 is 11.9 Å². The van der Waals surface area contributed by atoms with Gasteiger partial charge in [0.15, 0.2) is 5.96 Å². The zero-order valence-electron chi connectivity index (χ0n) is 14.6. The number of aromatic nitrogens is 2. The van der Waals surface area contributed by atoms with E-state index < -0.39 is 0 Å². The van der Waals surface area contributed by atoms with Crippen molar-refractivity contribution in [1.82, 2.24) is 25.1 Å². The number of guanidine groups is 1. The fourth-order valence-electron chi connectivity index (χ4n) is 2.23. The van der Waals surface area contributed by atoms with Gasteiger partial charge in [0, 0.05) is 58.1 Å². The molecule has 0 aliphatic heterocycles. The largest absolute Gasteiger partial charge is 0.357 e. The molecule has 0 fully saturated rings. The van der Waals surface area contributed by atoms with E-state index in [0.717, 1.165) is 45.1 Å². The number of aryl methyl sites for hydroxylation is 1. The van der Waals surface area contributed by atoms with E-state index in [-0.39, 0.29) is 5.91 Å². The van der Waals surface area contributed by atoms with Gasteiger partial charge >= 0.3 is 0 Å². The summed E-state index contributed by atoms with van der Waals surface area (Å²) in [6.07, 6.45) is 6.98. The molecule has 0 spiro atoms. The van der Waals surface area contributed by atoms with Gasteiger partial charge in [0.1, 0.15) is 0 Å². The molecule has 0 saturated heterocycles. The molecular weight excluding hydrogens is 292 g/mol. The van der Waals surface area contributed by atoms with E-state index in [1.807, 2.05) is 42.8 Å². The van der Waals surface area contributed by atoms with Crippen molar-refractivity contribution in [2.24, 2.45) is 4.99 Å². The molecule has 0 aromatic carbocycles. The van der Waals surface area contributed by atoms with E-state index in [4.69, 9.17) is 0 Å². The van der Waals surface area contributed by atoms with Crippen molar-refractivity contribution in [3.63, 3.8) is 0 Å². The van der Waals surface area contributed by atoms with Crippen LogP contribution in [0.1, 0.15) is 33.6 Å². The van der Waals surface area contributed by atoms with Crippen LogP contribution in [0.3, 0.4) is 0 Å². The van der Waals surface area contributed by atoms with Crippen molar-refractivity contribution in [3.05, 3.63) is 18.7 Å². The third-order valence-electron chi connectivity index (χ3n) is 3.50. The summed E-state index contributed by atoms with van der Waals surface area (Å²) >= 11 is 0. The van der Waals surface area contributed by atoms with Gasteiger partial charge in [-0.15, -0.1) is 0 Å². The van der Waals surface area contributed by atoms with E-state index in [1.54, 1.807) is 6.20 Å². The van der Waals surface area contributed by atoms with Crippen LogP contribution in [0.4, 0.5) is 0 Å². The molecule has 7 heteroatoms. The number of nitrogens with one attached hydrogen (secondary N) is 2. The number of hydrogen-bond acceptors (Lipinski definition) is 3. The summed E-state index contributed by atoms with van der Waals surface area (Å²) in [5.74, 6) is 0.948. The third-order valence-corrected chi connectivity index (χ3v) is 3.50. The SMILES string of the molecule is CCNC(=NCCCn1ccnc1)NCCC(=O)N(CC)CC. The van der Waals surface area contributed by atoms with Crippen molar-refractivity contribution in [2.75, 3.05) is 32.7 Å². The number of amides is 1. The van der Waals surface area contributed by atoms with Crippen LogP contribution in [0, 0.1) is 0 Å². The Kier molecular flexibility index (Phi) is 9.51. The summed E-state index contributed by atoms with van der Waals surface area (Å²) in [6.45, 7) is 10.6. The Hall–Kier alpha value is -2.05. The molecule has 1 aromatic heterocycles. The summed E-state index contributed by atoms with van der Waals surface area (Å²) in [5.41, 5.74) is 0. The first-order valence-corrected chi connectivity index (χ1v) is 8.46. The summed E-state index contributed by atoms with van der Waals surface area (Å²) in [4.78, 5) is 22.3. The summed E-state index contributed by atoms with van der Waals surface area (Å²) < 4.78 is 2.04. The second-order valence-corrected chi connectivity index (χ2v) is 5.16. The van der Waals surface area contributed by atoms with E-state index in [0.29, 0.717) is 13.0 Å². The quantitative estimate of drug-likeness (QED) is 0.384. The molecule has 0 saturated carbocycles. The Morgan fingerprint density at radius 2 is 2.04 bits per heavy atom. The van der Waals surface area contributed by atoms with Crippen LogP contribution in [-0.4, -0.2) is 59.0 Å². The number of hydrogen-bond donors (Lipinski definition) is 2. The van der Waals surface area contributed by atoms with E-state index in [2.05, 4.69) is 20.6 Å². The Morgan fingerprint density at radius 3 is 2.65 bits per heavy atom. The minimum Gasteiger partial charge on any atom is -0.357 e. The lowest BCUT2D eigenvalue weighted by molar-refractivity contribution is -0.130. The maximum absolute atomic E-state index is 12.0. The number of rotatable bonds is 10. The molecular formula is C16H30N6O. The molecule has 0 aliphatic rings. The molecule has 1 heterocycles. The van der Waals surface area contributed by atoms with Gasteiger partial charge in [-0.3, -0.25) is 9.79 Å². The molecule has 1 aromatic rings. The van der Waals surface area contributed by atoms with Gasteiger partial charge in [-0.05, 0) is 27.2 Å². The van der Waals surface area contributed by atoms with Gasteiger partial charge in [-0.2, -0.15) is 0 Å². The molecule has 2 N–H and O–H groups in total. The van der Waals surface area contributed by atoms with Crippen molar-refractivity contribution in [2.45, 2.75) is 40.2 Å². The lowest BCUT2D eigenvalue weighted by Gasteiger charge is -2.19. The summed E-state index contributed by atoms with van der Waals surface area (Å²) in [5, 5.41) is 6.42. The first-order chi connectivity index (χ1) is 11.2. The Morgan fingerprint density at radius 1 is 1.26 bits per heavy atom. The van der Waals surface area contributed by atoms with Crippen molar-refractivity contribution in [1.29, 1.82) is 0 Å². The summed E-state index contributed by atoms with van der Waals surface area (Å²) in [6, 6.07) is 0. The van der Waals surface area contributed by atoms with Gasteiger partial charge in [0.05, 0.1) is 6.33 Å². The minimum atomic E-state index is 0.179. The zero-order chi connectivity index (χ0) is 16.9. The highest BCUT2D eigenvalue weighted by atomic mass is 16.2. The molecule has 1 amide bonds. The average molecular weight is 322 g/mol. The third kappa shape index (κ3) is 7.67. The fourth-order valence-corrected chi connectivity index (χ4v) is 2.23. The normalized spacial score (nSPS) is 11.3. The number of imidazole rings is 1. The number of nitrogens with zero attached hydrogens (tertiary/aromatic N) is 4. The van der Waals surface area contributed by atoms with Crippen LogP contribution in [-0.2, 0) is 11.3 Å². The first-order valence-electron chi connectivity index (χ1n) is 8.46. The first kappa shape index (κ1) is 19.0. The molecule has 0 radical (unpaired) electrons. The van der Waals surface area contributed by atoms with Gasteiger partial charge in [-0.1, -0.05) is 0 Å². The topological polar surface area (TPSA) is 74.5 Å². The molecule has 0 aliphatic carbocycles. The fraction of sp³-hybridized carbons (Fsp3) is 0.688. The lowest BCUT2D eigenvalue weighted by atomic mass is 10.3. The maximum atomic E-state index is 12.0. The lowest BCUT2D eigenvalue weighted by Crippen LogP contribution is -2.40. The maximum Gasteiger partial charge on any atom is 0.224 e. The zero-order valence-corrected chi connectivity index (χ0v) is 14.6. The van der Waals surface area contributed by atoms with Crippen molar-refractivity contribution in [3.8, 4) is 0 Å². The molecule has 0 bridgehead atoms. The van der Waals surface area contributed by atoms with Crippen LogP contribution in [0.25, 0.3) is 0 Å². The average Bonchev–Trinajstić information content (AvgIpc) is 3.06. The van der Waals surface area contributed by atoms with Gasteiger partial charge < -0.3 is 20.1 Å². The molecule has 0 atom stereocenters. The van der Waals surface area contributed by atoms with Crippen LogP contribution in [0.5, 0.6) is 0 Å².